The zero-order valence-corrected chi connectivity index (χ0v) is 13.8. The minimum atomic E-state index is -0.182. The number of nitrogens with two attached hydrogens (primary N) is 1. The van der Waals surface area contributed by atoms with E-state index in [0.717, 1.165) is 11.1 Å². The molecule has 0 bridgehead atoms. The number of aromatic nitrogens is 4. The molecule has 1 amide bonds. The molecule has 0 unspecified atom stereocenters. The summed E-state index contributed by atoms with van der Waals surface area (Å²) in [6.07, 6.45) is 1.62. The average Bonchev–Trinajstić information content (AvgIpc) is 2.95. The van der Waals surface area contributed by atoms with E-state index in [9.17, 15) is 4.79 Å². The summed E-state index contributed by atoms with van der Waals surface area (Å²) in [6, 6.07) is 13.2. The lowest BCUT2D eigenvalue weighted by Gasteiger charge is -2.05. The minimum absolute atomic E-state index is 0.166. The summed E-state index contributed by atoms with van der Waals surface area (Å²) in [5.74, 6) is 7.11. The number of hydrogen-bond donors (Lipinski definition) is 2. The Bertz CT molecular complexity index is 849. The molecule has 3 rings (SSSR count). The summed E-state index contributed by atoms with van der Waals surface area (Å²) in [5, 5.41) is 11.4. The van der Waals surface area contributed by atoms with Crippen molar-refractivity contribution in [1.82, 2.24) is 19.9 Å². The molecule has 0 atom stereocenters. The summed E-state index contributed by atoms with van der Waals surface area (Å²) in [4.78, 5) is 16.0. The molecule has 3 aromatic rings. The smallest absolute Gasteiger partial charge is 0.236 e. The number of pyridine rings is 1. The fourth-order valence-electron chi connectivity index (χ4n) is 2.10. The van der Waals surface area contributed by atoms with Gasteiger partial charge in [0.1, 0.15) is 5.82 Å². The number of amides is 1. The number of nitrogen functional groups attached to an aromatic ring is 1. The minimum Gasteiger partial charge on any atom is -0.335 e. The second-order valence-corrected chi connectivity index (χ2v) is 6.04. The van der Waals surface area contributed by atoms with Crippen LogP contribution in [-0.2, 0) is 4.79 Å². The maximum absolute atomic E-state index is 11.9. The maximum Gasteiger partial charge on any atom is 0.236 e. The number of carbonyl (C=O) groups excluding carboxylic acids is 1. The normalized spacial score (nSPS) is 10.5. The van der Waals surface area contributed by atoms with E-state index < -0.39 is 0 Å². The van der Waals surface area contributed by atoms with Gasteiger partial charge in [0.25, 0.3) is 0 Å². The Morgan fingerprint density at radius 3 is 2.88 bits per heavy atom. The molecule has 7 nitrogen and oxygen atoms in total. The van der Waals surface area contributed by atoms with Gasteiger partial charge >= 0.3 is 0 Å². The molecule has 0 saturated heterocycles. The second-order valence-electron chi connectivity index (χ2n) is 5.10. The Balaban J connectivity index is 1.65. The summed E-state index contributed by atoms with van der Waals surface area (Å²) in [6.45, 7) is 2.00. The third-order valence-electron chi connectivity index (χ3n) is 3.21. The van der Waals surface area contributed by atoms with Crippen LogP contribution in [0.15, 0.2) is 53.8 Å². The van der Waals surface area contributed by atoms with Crippen LogP contribution in [0.25, 0.3) is 11.4 Å². The number of rotatable bonds is 5. The number of benzene rings is 1. The van der Waals surface area contributed by atoms with Crippen LogP contribution >= 0.6 is 11.8 Å². The molecule has 122 valence electrons. The topological polar surface area (TPSA) is 98.7 Å². The van der Waals surface area contributed by atoms with Crippen molar-refractivity contribution in [1.29, 1.82) is 0 Å². The van der Waals surface area contributed by atoms with Gasteiger partial charge in [-0.3, -0.25) is 4.79 Å². The first-order valence-electron chi connectivity index (χ1n) is 7.24. The van der Waals surface area contributed by atoms with Crippen LogP contribution in [0.2, 0.25) is 0 Å². The van der Waals surface area contributed by atoms with Crippen molar-refractivity contribution in [2.24, 2.45) is 0 Å². The molecule has 0 aliphatic carbocycles. The number of hydrogen-bond acceptors (Lipinski definition) is 6. The number of aryl methyl sites for hydroxylation is 1. The van der Waals surface area contributed by atoms with Crippen LogP contribution in [0.1, 0.15) is 5.56 Å². The van der Waals surface area contributed by atoms with E-state index >= 15 is 0 Å². The first-order valence-corrected chi connectivity index (χ1v) is 8.23. The Morgan fingerprint density at radius 2 is 2.12 bits per heavy atom. The Hall–Kier alpha value is -2.87. The van der Waals surface area contributed by atoms with E-state index in [1.54, 1.807) is 24.4 Å². The highest BCUT2D eigenvalue weighted by atomic mass is 32.2. The molecule has 8 heteroatoms. The Morgan fingerprint density at radius 1 is 1.25 bits per heavy atom. The first-order chi connectivity index (χ1) is 11.6. The standard InChI is InChI=1S/C16H16N6OS/c1-11-5-4-6-12(9-11)15-20-21-16(22(15)17)24-10-14(23)19-13-7-2-3-8-18-13/h2-9H,10,17H2,1H3,(H,18,19,23). The first kappa shape index (κ1) is 16.0. The largest absolute Gasteiger partial charge is 0.335 e. The molecule has 0 aliphatic rings. The quantitative estimate of drug-likeness (QED) is 0.545. The van der Waals surface area contributed by atoms with Crippen molar-refractivity contribution in [2.45, 2.75) is 12.1 Å². The van der Waals surface area contributed by atoms with Crippen molar-refractivity contribution in [2.75, 3.05) is 16.9 Å². The lowest BCUT2D eigenvalue weighted by atomic mass is 10.1. The van der Waals surface area contributed by atoms with Crippen molar-refractivity contribution < 1.29 is 4.79 Å². The van der Waals surface area contributed by atoms with Gasteiger partial charge in [0.05, 0.1) is 5.75 Å². The number of nitrogens with one attached hydrogen (secondary N) is 1. The van der Waals surface area contributed by atoms with E-state index in [4.69, 9.17) is 5.84 Å². The van der Waals surface area contributed by atoms with Crippen LogP contribution in [0.3, 0.4) is 0 Å². The van der Waals surface area contributed by atoms with Gasteiger partial charge < -0.3 is 11.2 Å². The van der Waals surface area contributed by atoms with Gasteiger partial charge in [-0.05, 0) is 25.1 Å². The van der Waals surface area contributed by atoms with Crippen molar-refractivity contribution in [3.05, 3.63) is 54.2 Å². The summed E-state index contributed by atoms with van der Waals surface area (Å²) < 4.78 is 1.40. The molecule has 0 saturated carbocycles. The van der Waals surface area contributed by atoms with E-state index in [0.29, 0.717) is 16.8 Å². The van der Waals surface area contributed by atoms with Gasteiger partial charge in [-0.25, -0.2) is 9.66 Å². The Labute approximate surface area is 143 Å². The van der Waals surface area contributed by atoms with Gasteiger partial charge in [-0.2, -0.15) is 0 Å². The van der Waals surface area contributed by atoms with Crippen LogP contribution < -0.4 is 11.2 Å². The summed E-state index contributed by atoms with van der Waals surface area (Å²) in [5.41, 5.74) is 1.99. The van der Waals surface area contributed by atoms with Crippen LogP contribution in [0.5, 0.6) is 0 Å². The molecule has 1 aromatic carbocycles. The van der Waals surface area contributed by atoms with E-state index in [1.807, 2.05) is 31.2 Å². The highest BCUT2D eigenvalue weighted by molar-refractivity contribution is 7.99. The molecule has 24 heavy (non-hydrogen) atoms. The molecule has 0 spiro atoms. The second kappa shape index (κ2) is 7.14. The monoisotopic (exact) mass is 340 g/mol. The summed E-state index contributed by atoms with van der Waals surface area (Å²) >= 11 is 1.22. The predicted molar refractivity (Wildman–Crippen MR) is 93.9 cm³/mol. The van der Waals surface area contributed by atoms with Crippen LogP contribution in [0, 0.1) is 6.92 Å². The zero-order valence-electron chi connectivity index (χ0n) is 13.0. The molecule has 0 aliphatic heterocycles. The Kier molecular flexibility index (Phi) is 4.76. The molecule has 2 heterocycles. The number of anilines is 1. The van der Waals surface area contributed by atoms with Gasteiger partial charge in [-0.1, -0.05) is 41.6 Å². The van der Waals surface area contributed by atoms with Gasteiger partial charge in [0.15, 0.2) is 5.82 Å². The molecule has 0 fully saturated rings. The SMILES string of the molecule is Cc1cccc(-c2nnc(SCC(=O)Nc3ccccn3)n2N)c1. The zero-order chi connectivity index (χ0) is 16.9. The highest BCUT2D eigenvalue weighted by Crippen LogP contribution is 2.22. The van der Waals surface area contributed by atoms with E-state index in [2.05, 4.69) is 20.5 Å². The van der Waals surface area contributed by atoms with Crippen LogP contribution in [0.4, 0.5) is 5.82 Å². The fourth-order valence-corrected chi connectivity index (χ4v) is 2.76. The average molecular weight is 340 g/mol. The van der Waals surface area contributed by atoms with E-state index in [1.165, 1.54) is 16.4 Å². The van der Waals surface area contributed by atoms with Crippen molar-refractivity contribution in [3.8, 4) is 11.4 Å². The van der Waals surface area contributed by atoms with Crippen molar-refractivity contribution in [3.63, 3.8) is 0 Å². The molecular weight excluding hydrogens is 324 g/mol. The lowest BCUT2D eigenvalue weighted by molar-refractivity contribution is -0.113. The highest BCUT2D eigenvalue weighted by Gasteiger charge is 2.14. The molecular formula is C16H16N6OS. The third kappa shape index (κ3) is 3.72. The maximum atomic E-state index is 11.9. The molecule has 3 N–H and O–H groups in total. The van der Waals surface area contributed by atoms with Gasteiger partial charge in [-0.15, -0.1) is 10.2 Å². The summed E-state index contributed by atoms with van der Waals surface area (Å²) in [7, 11) is 0. The van der Waals surface area contributed by atoms with E-state index in [-0.39, 0.29) is 11.7 Å². The number of thioether (sulfide) groups is 1. The number of nitrogens with zero attached hydrogens (tertiary/aromatic N) is 4. The lowest BCUT2D eigenvalue weighted by Crippen LogP contribution is -2.17. The van der Waals surface area contributed by atoms with Crippen molar-refractivity contribution >= 4 is 23.5 Å². The molecule has 0 radical (unpaired) electrons. The fraction of sp³-hybridized carbons (Fsp3) is 0.125. The van der Waals surface area contributed by atoms with Gasteiger partial charge in [0.2, 0.25) is 11.1 Å². The van der Waals surface area contributed by atoms with Gasteiger partial charge in [0, 0.05) is 11.8 Å². The molecule has 2 aromatic heterocycles. The van der Waals surface area contributed by atoms with Crippen LogP contribution in [-0.4, -0.2) is 31.5 Å². The number of carbonyl (C=O) groups is 1. The predicted octanol–water partition coefficient (Wildman–Crippen LogP) is 2.09. The third-order valence-corrected chi connectivity index (χ3v) is 4.15.